The zero-order chi connectivity index (χ0) is 20.1. The van der Waals surface area contributed by atoms with Gasteiger partial charge in [-0.3, -0.25) is 10.0 Å². The molecule has 0 aliphatic carbocycles. The van der Waals surface area contributed by atoms with Gasteiger partial charge in [-0.05, 0) is 36.8 Å². The van der Waals surface area contributed by atoms with Gasteiger partial charge in [-0.15, -0.1) is 0 Å². The molecule has 0 spiro atoms. The molecule has 0 fully saturated rings. The second-order valence-electron chi connectivity index (χ2n) is 5.89. The van der Waals surface area contributed by atoms with Crippen molar-refractivity contribution in [2.24, 2.45) is 0 Å². The van der Waals surface area contributed by atoms with E-state index in [4.69, 9.17) is 9.94 Å². The lowest BCUT2D eigenvalue weighted by atomic mass is 10.1. The van der Waals surface area contributed by atoms with Crippen molar-refractivity contribution in [1.29, 1.82) is 0 Å². The van der Waals surface area contributed by atoms with Crippen molar-refractivity contribution in [1.82, 2.24) is 15.4 Å². The molecule has 1 heterocycles. The third kappa shape index (κ3) is 4.16. The third-order valence-electron chi connectivity index (χ3n) is 3.97. The molecule has 0 unspecified atom stereocenters. The van der Waals surface area contributed by atoms with Crippen LogP contribution in [0.25, 0.3) is 10.9 Å². The van der Waals surface area contributed by atoms with Crippen LogP contribution in [0.1, 0.15) is 17.5 Å². The Morgan fingerprint density at radius 2 is 2.11 bits per heavy atom. The van der Waals surface area contributed by atoms with E-state index in [0.717, 1.165) is 0 Å². The summed E-state index contributed by atoms with van der Waals surface area (Å²) in [5.74, 6) is 5.64. The normalized spacial score (nSPS) is 10.1. The molecule has 8 heteroatoms. The van der Waals surface area contributed by atoms with Crippen molar-refractivity contribution in [2.45, 2.75) is 13.3 Å². The molecule has 0 aliphatic heterocycles. The van der Waals surface area contributed by atoms with Crippen LogP contribution < -0.4 is 15.5 Å². The highest BCUT2D eigenvalue weighted by Crippen LogP contribution is 2.29. The smallest absolute Gasteiger partial charge is 0.255 e. The van der Waals surface area contributed by atoms with Gasteiger partial charge < -0.3 is 10.1 Å². The molecule has 3 rings (SSSR count). The van der Waals surface area contributed by atoms with Gasteiger partial charge in [0.05, 0.1) is 24.6 Å². The van der Waals surface area contributed by atoms with Gasteiger partial charge in [0.2, 0.25) is 0 Å². The summed E-state index contributed by atoms with van der Waals surface area (Å²) in [6.07, 6.45) is 1.25. The van der Waals surface area contributed by atoms with Gasteiger partial charge in [-0.2, -0.15) is 0 Å². The number of nitrogens with one attached hydrogen (secondary N) is 2. The Hall–Kier alpha value is -3.70. The Labute approximate surface area is 160 Å². The highest BCUT2D eigenvalue weighted by atomic mass is 19.1. The van der Waals surface area contributed by atoms with E-state index in [0.29, 0.717) is 39.3 Å². The molecule has 0 aliphatic rings. The fourth-order valence-corrected chi connectivity index (χ4v) is 2.57. The van der Waals surface area contributed by atoms with Gasteiger partial charge in [0, 0.05) is 17.1 Å². The summed E-state index contributed by atoms with van der Waals surface area (Å²) in [5.41, 5.74) is 3.89. The number of benzene rings is 2. The second-order valence-corrected chi connectivity index (χ2v) is 5.89. The first kappa shape index (κ1) is 19.1. The highest BCUT2D eigenvalue weighted by molar-refractivity contribution is 5.93. The molecule has 28 heavy (non-hydrogen) atoms. The number of anilines is 2. The fraction of sp³-hybridized carbons (Fsp3) is 0.150. The van der Waals surface area contributed by atoms with Crippen molar-refractivity contribution in [3.05, 3.63) is 53.6 Å². The molecule has 0 atom stereocenters. The number of halogens is 1. The fourth-order valence-electron chi connectivity index (χ4n) is 2.57. The third-order valence-corrected chi connectivity index (χ3v) is 3.97. The van der Waals surface area contributed by atoms with Gasteiger partial charge in [-0.25, -0.2) is 19.8 Å². The maximum absolute atomic E-state index is 13.5. The number of amides is 1. The van der Waals surface area contributed by atoms with Crippen LogP contribution in [0.5, 0.6) is 5.75 Å². The van der Waals surface area contributed by atoms with Gasteiger partial charge >= 0.3 is 0 Å². The lowest BCUT2D eigenvalue weighted by Crippen LogP contribution is -2.17. The maximum Gasteiger partial charge on any atom is 0.255 e. The number of methoxy groups -OCH3 is 1. The summed E-state index contributed by atoms with van der Waals surface area (Å²) < 4.78 is 18.9. The van der Waals surface area contributed by atoms with E-state index in [1.54, 1.807) is 31.2 Å². The lowest BCUT2D eigenvalue weighted by Gasteiger charge is -2.11. The lowest BCUT2D eigenvalue weighted by molar-refractivity contribution is -0.128. The SMILES string of the molecule is COc1cc2ncnc(Nc3ccc(F)c(C)c3)c2cc1C#CCC(=O)NO. The number of carbonyl (C=O) groups excluding carboxylic acids is 1. The zero-order valence-electron chi connectivity index (χ0n) is 15.2. The number of ether oxygens (including phenoxy) is 1. The van der Waals surface area contributed by atoms with Crippen LogP contribution in [-0.4, -0.2) is 28.2 Å². The van der Waals surface area contributed by atoms with Crippen LogP contribution in [0, 0.1) is 24.6 Å². The van der Waals surface area contributed by atoms with Crippen molar-refractivity contribution >= 4 is 28.3 Å². The van der Waals surface area contributed by atoms with Crippen LogP contribution in [0.2, 0.25) is 0 Å². The van der Waals surface area contributed by atoms with E-state index in [2.05, 4.69) is 27.1 Å². The molecule has 7 nitrogen and oxygen atoms in total. The van der Waals surface area contributed by atoms with Crippen LogP contribution in [0.4, 0.5) is 15.9 Å². The van der Waals surface area contributed by atoms with Crippen LogP contribution >= 0.6 is 0 Å². The minimum atomic E-state index is -0.607. The monoisotopic (exact) mass is 380 g/mol. The summed E-state index contributed by atoms with van der Waals surface area (Å²) in [4.78, 5) is 19.6. The van der Waals surface area contributed by atoms with Crippen LogP contribution in [0.15, 0.2) is 36.7 Å². The molecule has 3 N–H and O–H groups in total. The molecule has 0 saturated heterocycles. The zero-order valence-corrected chi connectivity index (χ0v) is 15.2. The van der Waals surface area contributed by atoms with Gasteiger partial charge in [0.1, 0.15) is 23.7 Å². The van der Waals surface area contributed by atoms with E-state index in [-0.39, 0.29) is 12.2 Å². The number of hydroxylamine groups is 1. The van der Waals surface area contributed by atoms with E-state index >= 15 is 0 Å². The Kier molecular flexibility index (Phi) is 5.67. The topological polar surface area (TPSA) is 96.4 Å². The summed E-state index contributed by atoms with van der Waals surface area (Å²) in [5, 5.41) is 12.4. The Bertz CT molecular complexity index is 1110. The quantitative estimate of drug-likeness (QED) is 0.366. The number of aromatic nitrogens is 2. The molecule has 0 radical (unpaired) electrons. The second kappa shape index (κ2) is 8.33. The molecule has 0 bridgehead atoms. The molecule has 142 valence electrons. The summed E-state index contributed by atoms with van der Waals surface area (Å²) >= 11 is 0. The average Bonchev–Trinajstić information content (AvgIpc) is 2.70. The van der Waals surface area contributed by atoms with Crippen molar-refractivity contribution in [3.8, 4) is 17.6 Å². The largest absolute Gasteiger partial charge is 0.495 e. The Morgan fingerprint density at radius 3 is 2.82 bits per heavy atom. The first-order valence-electron chi connectivity index (χ1n) is 8.29. The first-order valence-corrected chi connectivity index (χ1v) is 8.29. The molecular weight excluding hydrogens is 363 g/mol. The Morgan fingerprint density at radius 1 is 1.29 bits per heavy atom. The summed E-state index contributed by atoms with van der Waals surface area (Å²) in [7, 11) is 1.51. The molecule has 0 saturated carbocycles. The predicted molar refractivity (Wildman–Crippen MR) is 102 cm³/mol. The highest BCUT2D eigenvalue weighted by Gasteiger charge is 2.10. The minimum absolute atomic E-state index is 0.164. The maximum atomic E-state index is 13.5. The first-order chi connectivity index (χ1) is 13.5. The van der Waals surface area contributed by atoms with Gasteiger partial charge in [0.15, 0.2) is 0 Å². The van der Waals surface area contributed by atoms with E-state index < -0.39 is 5.91 Å². The van der Waals surface area contributed by atoms with Gasteiger partial charge in [0.25, 0.3) is 5.91 Å². The molecule has 3 aromatic rings. The summed E-state index contributed by atoms with van der Waals surface area (Å²) in [6, 6.07) is 8.15. The van der Waals surface area contributed by atoms with Gasteiger partial charge in [-0.1, -0.05) is 11.8 Å². The number of nitrogens with zero attached hydrogens (tertiary/aromatic N) is 2. The summed E-state index contributed by atoms with van der Waals surface area (Å²) in [6.45, 7) is 1.68. The number of rotatable bonds is 4. The standard InChI is InChI=1S/C20H17FN4O3/c1-12-8-14(6-7-16(12)21)24-20-15-9-13(4-3-5-19(26)25-27)18(28-2)10-17(15)22-11-23-20/h6-11,27H,5H2,1-2H3,(H,25,26)(H,22,23,24). The van der Waals surface area contributed by atoms with E-state index in [9.17, 15) is 9.18 Å². The molecule has 1 amide bonds. The number of hydrogen-bond donors (Lipinski definition) is 3. The van der Waals surface area contributed by atoms with Crippen LogP contribution in [0.3, 0.4) is 0 Å². The van der Waals surface area contributed by atoms with Crippen molar-refractivity contribution in [2.75, 3.05) is 12.4 Å². The Balaban J connectivity index is 2.02. The molecule has 1 aromatic heterocycles. The minimum Gasteiger partial charge on any atom is -0.495 e. The van der Waals surface area contributed by atoms with E-state index in [1.165, 1.54) is 25.0 Å². The van der Waals surface area contributed by atoms with Crippen LogP contribution in [-0.2, 0) is 4.79 Å². The average molecular weight is 380 g/mol. The molecular formula is C20H17FN4O3. The number of carbonyl (C=O) groups is 1. The van der Waals surface area contributed by atoms with Crippen molar-refractivity contribution in [3.63, 3.8) is 0 Å². The number of hydrogen-bond acceptors (Lipinski definition) is 6. The predicted octanol–water partition coefficient (Wildman–Crippen LogP) is 3.08. The number of fused-ring (bicyclic) bond motifs is 1. The van der Waals surface area contributed by atoms with E-state index in [1.807, 2.05) is 0 Å². The molecule has 2 aromatic carbocycles. The van der Waals surface area contributed by atoms with Crippen molar-refractivity contribution < 1.29 is 19.1 Å². The number of aryl methyl sites for hydroxylation is 1.